The molecule has 0 saturated carbocycles. The quantitative estimate of drug-likeness (QED) is 0.322. The Morgan fingerprint density at radius 2 is 1.76 bits per heavy atom. The number of piperidine rings is 1. The minimum atomic E-state index is -3.99. The lowest BCUT2D eigenvalue weighted by Gasteiger charge is -2.34. The van der Waals surface area contributed by atoms with Crippen molar-refractivity contribution in [2.24, 2.45) is 0 Å². The number of pyridine rings is 1. The predicted molar refractivity (Wildman–Crippen MR) is 150 cm³/mol. The van der Waals surface area contributed by atoms with Crippen LogP contribution in [0.2, 0.25) is 0 Å². The first-order valence-electron chi connectivity index (χ1n) is 13.3. The van der Waals surface area contributed by atoms with Gasteiger partial charge in [-0.05, 0) is 58.7 Å². The summed E-state index contributed by atoms with van der Waals surface area (Å²) in [7, 11) is -3.99. The first kappa shape index (κ1) is 28.3. The molecule has 5 rings (SSSR count). The minimum Gasteiger partial charge on any atom is -0.461 e. The maximum Gasteiger partial charge on any atom is 0.410 e. The van der Waals surface area contributed by atoms with Gasteiger partial charge in [-0.2, -0.15) is 0 Å². The molecule has 1 aromatic carbocycles. The maximum absolute atomic E-state index is 13.8. The number of amides is 1. The van der Waals surface area contributed by atoms with Gasteiger partial charge in [0.1, 0.15) is 11.1 Å². The highest BCUT2D eigenvalue weighted by molar-refractivity contribution is 7.90. The fourth-order valence-corrected chi connectivity index (χ4v) is 6.29. The lowest BCUT2D eigenvalue weighted by atomic mass is 10.0. The van der Waals surface area contributed by atoms with Crippen LogP contribution in [0.4, 0.5) is 4.79 Å². The van der Waals surface area contributed by atoms with Crippen LogP contribution in [0.1, 0.15) is 57.1 Å². The van der Waals surface area contributed by atoms with E-state index in [1.807, 2.05) is 0 Å². The van der Waals surface area contributed by atoms with Crippen molar-refractivity contribution in [1.82, 2.24) is 23.4 Å². The van der Waals surface area contributed by atoms with Gasteiger partial charge in [-0.1, -0.05) is 18.2 Å². The number of fused-ring (bicyclic) bond motifs is 3. The summed E-state index contributed by atoms with van der Waals surface area (Å²) in [5, 5.41) is 0.386. The maximum atomic E-state index is 13.8. The molecule has 0 atom stereocenters. The molecule has 1 aliphatic rings. The molecule has 0 unspecified atom stereocenters. The van der Waals surface area contributed by atoms with Gasteiger partial charge in [0.05, 0.1) is 23.2 Å². The number of likely N-dealkylation sites (tertiary alicyclic amines) is 1. The topological polar surface area (TPSA) is 143 Å². The molecule has 216 valence electrons. The van der Waals surface area contributed by atoms with E-state index >= 15 is 0 Å². The third-order valence-electron chi connectivity index (χ3n) is 6.78. The molecule has 1 saturated heterocycles. The zero-order chi connectivity index (χ0) is 29.5. The fourth-order valence-electron chi connectivity index (χ4n) is 4.97. The van der Waals surface area contributed by atoms with E-state index < -0.39 is 39.3 Å². The van der Waals surface area contributed by atoms with Crippen molar-refractivity contribution in [3.63, 3.8) is 0 Å². The number of esters is 1. The Hall–Kier alpha value is -4.26. The smallest absolute Gasteiger partial charge is 0.410 e. The van der Waals surface area contributed by atoms with Crippen molar-refractivity contribution in [2.75, 3.05) is 19.7 Å². The number of carbonyl (C=O) groups excluding carboxylic acids is 2. The summed E-state index contributed by atoms with van der Waals surface area (Å²) in [6.07, 6.45) is 3.09. The molecule has 0 bridgehead atoms. The number of hydrogen-bond donors (Lipinski definition) is 0. The molecule has 12 nitrogen and oxygen atoms in total. The predicted octanol–water partition coefficient (Wildman–Crippen LogP) is 3.73. The van der Waals surface area contributed by atoms with Gasteiger partial charge < -0.3 is 18.9 Å². The highest BCUT2D eigenvalue weighted by Crippen LogP contribution is 2.31. The lowest BCUT2D eigenvalue weighted by Crippen LogP contribution is -2.44. The van der Waals surface area contributed by atoms with Crippen LogP contribution >= 0.6 is 0 Å². The largest absolute Gasteiger partial charge is 0.461 e. The molecule has 1 amide bonds. The highest BCUT2D eigenvalue weighted by Gasteiger charge is 2.31. The van der Waals surface area contributed by atoms with Gasteiger partial charge in [-0.15, -0.1) is 0 Å². The fraction of sp³-hybridized carbons (Fsp3) is 0.393. The first-order valence-corrected chi connectivity index (χ1v) is 14.7. The zero-order valence-corrected chi connectivity index (χ0v) is 24.1. The zero-order valence-electron chi connectivity index (χ0n) is 23.2. The average molecular weight is 582 g/mol. The lowest BCUT2D eigenvalue weighted by molar-refractivity contribution is 0.0189. The van der Waals surface area contributed by atoms with E-state index in [9.17, 15) is 22.8 Å². The Morgan fingerprint density at radius 1 is 1.07 bits per heavy atom. The van der Waals surface area contributed by atoms with Crippen molar-refractivity contribution in [1.29, 1.82) is 0 Å². The van der Waals surface area contributed by atoms with Crippen LogP contribution in [0, 0.1) is 0 Å². The molecule has 1 fully saturated rings. The second kappa shape index (κ2) is 10.6. The van der Waals surface area contributed by atoms with Gasteiger partial charge in [0, 0.05) is 30.7 Å². The van der Waals surface area contributed by atoms with Gasteiger partial charge in [-0.25, -0.2) is 31.9 Å². The van der Waals surface area contributed by atoms with Crippen molar-refractivity contribution >= 4 is 44.2 Å². The summed E-state index contributed by atoms with van der Waals surface area (Å²) in [6, 6.07) is 9.11. The molecular weight excluding hydrogens is 550 g/mol. The van der Waals surface area contributed by atoms with Crippen LogP contribution in [0.3, 0.4) is 0 Å². The van der Waals surface area contributed by atoms with Gasteiger partial charge in [0.15, 0.2) is 5.65 Å². The van der Waals surface area contributed by atoms with Crippen LogP contribution in [0.15, 0.2) is 58.5 Å². The monoisotopic (exact) mass is 581 g/mol. The number of rotatable bonds is 5. The Labute approximate surface area is 236 Å². The molecule has 4 heterocycles. The number of hydrogen-bond acceptors (Lipinski definition) is 9. The summed E-state index contributed by atoms with van der Waals surface area (Å²) >= 11 is 0. The number of ether oxygens (including phenoxy) is 2. The first-order chi connectivity index (χ1) is 19.4. The van der Waals surface area contributed by atoms with Gasteiger partial charge in [0.2, 0.25) is 5.69 Å². The molecule has 13 heteroatoms. The number of aromatic nitrogens is 4. The second-order valence-corrected chi connectivity index (χ2v) is 12.5. The van der Waals surface area contributed by atoms with Crippen LogP contribution < -0.4 is 5.56 Å². The molecule has 0 spiro atoms. The summed E-state index contributed by atoms with van der Waals surface area (Å²) in [6.45, 7) is 7.71. The Morgan fingerprint density at radius 3 is 2.39 bits per heavy atom. The number of nitrogens with zero attached hydrogens (tertiary/aromatic N) is 5. The molecule has 0 radical (unpaired) electrons. The Kier molecular flexibility index (Phi) is 7.32. The number of carbonyl (C=O) groups is 2. The van der Waals surface area contributed by atoms with E-state index in [0.29, 0.717) is 36.8 Å². The van der Waals surface area contributed by atoms with Crippen molar-refractivity contribution in [3.05, 3.63) is 64.8 Å². The van der Waals surface area contributed by atoms with Gasteiger partial charge in [-0.3, -0.25) is 4.79 Å². The highest BCUT2D eigenvalue weighted by atomic mass is 32.2. The van der Waals surface area contributed by atoms with E-state index in [2.05, 4.69) is 9.97 Å². The van der Waals surface area contributed by atoms with E-state index in [1.165, 1.54) is 29.1 Å². The van der Waals surface area contributed by atoms with Gasteiger partial charge in [0.25, 0.3) is 15.6 Å². The van der Waals surface area contributed by atoms with E-state index in [4.69, 9.17) is 9.47 Å². The molecule has 3 aromatic heterocycles. The summed E-state index contributed by atoms with van der Waals surface area (Å²) < 4.78 is 40.0. The summed E-state index contributed by atoms with van der Waals surface area (Å²) in [5.41, 5.74) is -0.974. The molecule has 0 N–H and O–H groups in total. The molecule has 41 heavy (non-hydrogen) atoms. The minimum absolute atomic E-state index is 0.0593. The van der Waals surface area contributed by atoms with Crippen LogP contribution in [0.5, 0.6) is 0 Å². The Bertz CT molecular complexity index is 1800. The van der Waals surface area contributed by atoms with Crippen molar-refractivity contribution < 1.29 is 27.5 Å². The standard InChI is InChI=1S/C28H31N5O7S/c1-5-39-26(35)22-25(34)33(18-11-14-31(15-12-18)27(36)40-28(2,3)4)23-20-13-16-32(24(20)29-17-21(23)30-22)41(37,38)19-9-7-6-8-10-19/h6-10,13,16-18H,5,11-12,14-15H2,1-4H3. The van der Waals surface area contributed by atoms with E-state index in [0.717, 1.165) is 3.97 Å². The van der Waals surface area contributed by atoms with E-state index in [1.54, 1.807) is 56.9 Å². The second-order valence-electron chi connectivity index (χ2n) is 10.7. The van der Waals surface area contributed by atoms with Crippen molar-refractivity contribution in [2.45, 2.75) is 57.1 Å². The third-order valence-corrected chi connectivity index (χ3v) is 8.46. The SMILES string of the molecule is CCOC(=O)c1nc2cnc3c(ccn3S(=O)(=O)c3ccccc3)c2n(C2CCN(C(=O)OC(C)(C)C)CC2)c1=O. The molecule has 4 aromatic rings. The number of benzene rings is 1. The van der Waals surface area contributed by atoms with Gasteiger partial charge >= 0.3 is 12.1 Å². The van der Waals surface area contributed by atoms with Crippen molar-refractivity contribution in [3.8, 4) is 0 Å². The van der Waals surface area contributed by atoms with Crippen LogP contribution in [-0.4, -0.2) is 69.2 Å². The van der Waals surface area contributed by atoms with Crippen LogP contribution in [-0.2, 0) is 19.5 Å². The molecule has 1 aliphatic heterocycles. The summed E-state index contributed by atoms with van der Waals surface area (Å²) in [4.78, 5) is 49.5. The normalized spacial score (nSPS) is 14.9. The van der Waals surface area contributed by atoms with E-state index in [-0.39, 0.29) is 28.4 Å². The average Bonchev–Trinajstić information content (AvgIpc) is 3.38. The molecular formula is C28H31N5O7S. The Balaban J connectivity index is 1.64. The molecule has 0 aliphatic carbocycles. The summed E-state index contributed by atoms with van der Waals surface area (Å²) in [5.74, 6) is -0.858. The van der Waals surface area contributed by atoms with Crippen LogP contribution in [0.25, 0.3) is 22.1 Å². The third kappa shape index (κ3) is 5.29.